The van der Waals surface area contributed by atoms with Crippen LogP contribution in [0.1, 0.15) is 119 Å². The van der Waals surface area contributed by atoms with E-state index in [2.05, 4.69) is 34.6 Å². The van der Waals surface area contributed by atoms with Gasteiger partial charge in [0.2, 0.25) is 0 Å². The van der Waals surface area contributed by atoms with Crippen molar-refractivity contribution in [2.45, 2.75) is 119 Å². The van der Waals surface area contributed by atoms with Crippen molar-refractivity contribution in [3.8, 4) is 0 Å². The molecule has 0 aromatic carbocycles. The van der Waals surface area contributed by atoms with Gasteiger partial charge in [0.05, 0.1) is 5.92 Å². The van der Waals surface area contributed by atoms with Crippen LogP contribution in [0.15, 0.2) is 0 Å². The molecule has 3 nitrogen and oxygen atoms in total. The maximum atomic E-state index is 12.8. The van der Waals surface area contributed by atoms with Gasteiger partial charge in [-0.2, -0.15) is 0 Å². The van der Waals surface area contributed by atoms with E-state index in [9.17, 15) is 14.7 Å². The lowest BCUT2D eigenvalue weighted by Crippen LogP contribution is -2.57. The highest BCUT2D eigenvalue weighted by Crippen LogP contribution is 2.88. The van der Waals surface area contributed by atoms with E-state index in [-0.39, 0.29) is 11.3 Å². The van der Waals surface area contributed by atoms with Crippen molar-refractivity contribution in [3.63, 3.8) is 0 Å². The van der Waals surface area contributed by atoms with E-state index in [1.807, 2.05) is 6.92 Å². The van der Waals surface area contributed by atoms with Gasteiger partial charge in [0, 0.05) is 11.8 Å². The Morgan fingerprint density at radius 1 is 0.909 bits per heavy atom. The second kappa shape index (κ2) is 7.33. The summed E-state index contributed by atoms with van der Waals surface area (Å²) in [5.41, 5.74) is 1.72. The molecular formula is C30H48O3. The molecule has 0 aromatic rings. The van der Waals surface area contributed by atoms with E-state index < -0.39 is 5.97 Å². The quantitative estimate of drug-likeness (QED) is 0.449. The summed E-state index contributed by atoms with van der Waals surface area (Å²) in [5.74, 6) is 2.57. The summed E-state index contributed by atoms with van der Waals surface area (Å²) in [7, 11) is 0. The first kappa shape index (κ1) is 23.9. The highest BCUT2D eigenvalue weighted by molar-refractivity contribution is 5.86. The Hall–Kier alpha value is -0.860. The van der Waals surface area contributed by atoms with Gasteiger partial charge >= 0.3 is 5.97 Å². The van der Waals surface area contributed by atoms with Gasteiger partial charge in [-0.05, 0) is 103 Å². The minimum absolute atomic E-state index is 0.117. The topological polar surface area (TPSA) is 54.4 Å². The Morgan fingerprint density at radius 3 is 2.27 bits per heavy atom. The van der Waals surface area contributed by atoms with Crippen molar-refractivity contribution in [3.05, 3.63) is 0 Å². The molecule has 0 saturated heterocycles. The van der Waals surface area contributed by atoms with Crippen molar-refractivity contribution in [1.29, 1.82) is 0 Å². The summed E-state index contributed by atoms with van der Waals surface area (Å²) in [6.45, 7) is 14.2. The van der Waals surface area contributed by atoms with Crippen LogP contribution in [0.5, 0.6) is 0 Å². The molecule has 1 unspecified atom stereocenters. The van der Waals surface area contributed by atoms with Crippen LogP contribution in [0, 0.1) is 56.7 Å². The van der Waals surface area contributed by atoms with Gasteiger partial charge in [-0.1, -0.05) is 54.4 Å². The van der Waals surface area contributed by atoms with Gasteiger partial charge in [-0.15, -0.1) is 0 Å². The molecule has 0 heterocycles. The van der Waals surface area contributed by atoms with E-state index in [0.29, 0.717) is 39.3 Å². The van der Waals surface area contributed by atoms with Gasteiger partial charge in [0.15, 0.2) is 0 Å². The van der Waals surface area contributed by atoms with Gasteiger partial charge in [-0.25, -0.2) is 0 Å². The smallest absolute Gasteiger partial charge is 0.306 e. The molecule has 2 spiro atoms. The number of Topliss-reactive ketones (excluding diaryl/α,β-unsaturated/α-hetero) is 1. The van der Waals surface area contributed by atoms with Crippen LogP contribution in [0.3, 0.4) is 0 Å². The molecule has 9 atom stereocenters. The van der Waals surface area contributed by atoms with Gasteiger partial charge in [0.1, 0.15) is 5.78 Å². The number of carbonyl (C=O) groups excluding carboxylic acids is 1. The average Bonchev–Trinajstić information content (AvgIpc) is 3.33. The molecule has 0 bridgehead atoms. The number of carbonyl (C=O) groups is 2. The zero-order chi connectivity index (χ0) is 24.0. The third-order valence-corrected chi connectivity index (χ3v) is 13.3. The van der Waals surface area contributed by atoms with Crippen LogP contribution in [-0.4, -0.2) is 16.9 Å². The normalized spacial score (nSPS) is 49.3. The van der Waals surface area contributed by atoms with Crippen LogP contribution in [0.4, 0.5) is 0 Å². The number of hydrogen-bond donors (Lipinski definition) is 1. The Morgan fingerprint density at radius 2 is 1.58 bits per heavy atom. The first-order valence-electron chi connectivity index (χ1n) is 14.1. The number of carboxylic acid groups (broad SMARTS) is 1. The van der Waals surface area contributed by atoms with Crippen molar-refractivity contribution >= 4 is 11.8 Å². The van der Waals surface area contributed by atoms with E-state index in [4.69, 9.17) is 0 Å². The molecule has 0 amide bonds. The molecule has 0 radical (unpaired) electrons. The predicted octanol–water partition coefficient (Wildman–Crippen LogP) is 7.52. The Labute approximate surface area is 201 Å². The van der Waals surface area contributed by atoms with Crippen LogP contribution < -0.4 is 0 Å². The predicted molar refractivity (Wildman–Crippen MR) is 132 cm³/mol. The summed E-state index contributed by atoms with van der Waals surface area (Å²) in [6.07, 6.45) is 14.5. The number of fused-ring (bicyclic) bond motifs is 2. The Balaban J connectivity index is 1.35. The average molecular weight is 457 g/mol. The zero-order valence-corrected chi connectivity index (χ0v) is 22.1. The minimum Gasteiger partial charge on any atom is -0.481 e. The summed E-state index contributed by atoms with van der Waals surface area (Å²) in [4.78, 5) is 24.1. The monoisotopic (exact) mass is 456 g/mol. The third-order valence-electron chi connectivity index (χ3n) is 13.3. The minimum atomic E-state index is -0.651. The molecule has 5 rings (SSSR count). The second-order valence-corrected chi connectivity index (χ2v) is 14.4. The largest absolute Gasteiger partial charge is 0.481 e. The van der Waals surface area contributed by atoms with E-state index in [1.165, 1.54) is 57.8 Å². The number of hydrogen-bond acceptors (Lipinski definition) is 2. The molecule has 5 fully saturated rings. The molecule has 5 aliphatic carbocycles. The van der Waals surface area contributed by atoms with Crippen molar-refractivity contribution < 1.29 is 14.7 Å². The van der Waals surface area contributed by atoms with E-state index >= 15 is 0 Å². The Kier molecular flexibility index (Phi) is 5.30. The number of rotatable bonds is 6. The molecule has 186 valence electrons. The fourth-order valence-corrected chi connectivity index (χ4v) is 11.2. The fraction of sp³-hybridized carbons (Fsp3) is 0.933. The summed E-state index contributed by atoms with van der Waals surface area (Å²) in [6, 6.07) is 0. The summed E-state index contributed by atoms with van der Waals surface area (Å²) in [5, 5.41) is 9.24. The highest BCUT2D eigenvalue weighted by Gasteiger charge is 2.82. The highest BCUT2D eigenvalue weighted by atomic mass is 16.4. The van der Waals surface area contributed by atoms with Crippen LogP contribution in [0.25, 0.3) is 0 Å². The molecular weight excluding hydrogens is 408 g/mol. The Bertz CT molecular complexity index is 845. The van der Waals surface area contributed by atoms with Crippen LogP contribution in [-0.2, 0) is 9.59 Å². The van der Waals surface area contributed by atoms with Crippen molar-refractivity contribution in [1.82, 2.24) is 0 Å². The molecule has 5 saturated carbocycles. The van der Waals surface area contributed by atoms with Crippen molar-refractivity contribution in [2.75, 3.05) is 0 Å². The molecule has 1 N–H and O–H groups in total. The first-order chi connectivity index (χ1) is 15.4. The first-order valence-corrected chi connectivity index (χ1v) is 14.1. The number of ketones is 1. The summed E-state index contributed by atoms with van der Waals surface area (Å²) >= 11 is 0. The molecule has 0 aliphatic heterocycles. The second-order valence-electron chi connectivity index (χ2n) is 14.4. The van der Waals surface area contributed by atoms with Gasteiger partial charge in [0.25, 0.3) is 0 Å². The van der Waals surface area contributed by atoms with Crippen molar-refractivity contribution in [2.24, 2.45) is 56.7 Å². The van der Waals surface area contributed by atoms with Crippen LogP contribution in [0.2, 0.25) is 0 Å². The molecule has 33 heavy (non-hydrogen) atoms. The van der Waals surface area contributed by atoms with Gasteiger partial charge in [-0.3, -0.25) is 9.59 Å². The fourth-order valence-electron chi connectivity index (χ4n) is 11.2. The van der Waals surface area contributed by atoms with Gasteiger partial charge < -0.3 is 5.11 Å². The van der Waals surface area contributed by atoms with Crippen LogP contribution >= 0.6 is 0 Å². The third kappa shape index (κ3) is 2.92. The van der Waals surface area contributed by atoms with E-state index in [0.717, 1.165) is 31.1 Å². The van der Waals surface area contributed by atoms with E-state index in [1.54, 1.807) is 0 Å². The maximum Gasteiger partial charge on any atom is 0.306 e. The lowest BCUT2D eigenvalue weighted by atomic mass is 9.42. The maximum absolute atomic E-state index is 12.8. The number of carboxylic acids is 1. The lowest BCUT2D eigenvalue weighted by Gasteiger charge is -2.62. The zero-order valence-electron chi connectivity index (χ0n) is 22.1. The molecule has 3 heteroatoms. The SMILES string of the molecule is CC(CCC[C@@H](C)[C@H]1CC[C@@]2(C)[C@@H]3CC[C@H]4C(C)(C)C(=O)CC[C@@]45C[C@@]35CC[C@]12C)C(=O)O. The standard InChI is InChI=1S/C30H48O3/c1-19(8-7-9-20(2)25(32)33)21-12-14-28(6)23-11-10-22-26(3,4)24(31)13-15-29(22)18-30(23,29)17-16-27(21,28)5/h19-23H,7-18H2,1-6H3,(H,32,33)/t19-,20?,21-,22+,23+,27-,28+,29-,30+/m1/s1. The summed E-state index contributed by atoms with van der Waals surface area (Å²) < 4.78 is 0. The number of aliphatic carboxylic acids is 1. The molecule has 0 aromatic heterocycles. The molecule has 5 aliphatic rings. The lowest BCUT2D eigenvalue weighted by molar-refractivity contribution is -0.157.